The Morgan fingerprint density at radius 1 is 1.58 bits per heavy atom. The molecule has 1 heterocycles. The van der Waals surface area contributed by atoms with E-state index < -0.39 is 16.5 Å². The van der Waals surface area contributed by atoms with Crippen LogP contribution in [0, 0.1) is 10.1 Å². The first-order valence-electron chi connectivity index (χ1n) is 3.09. The maximum absolute atomic E-state index is 10.2. The average Bonchev–Trinajstić information content (AvgIpc) is 2.05. The zero-order valence-corrected chi connectivity index (χ0v) is 5.97. The van der Waals surface area contributed by atoms with Gasteiger partial charge in [-0.15, -0.1) is 0 Å². The normalized spacial score (nSPS) is 9.75. The van der Waals surface area contributed by atoms with Crippen LogP contribution in [-0.2, 0) is 6.61 Å². The van der Waals surface area contributed by atoms with E-state index in [0.29, 0.717) is 0 Å². The van der Waals surface area contributed by atoms with Crippen LogP contribution < -0.4 is 0 Å². The first-order chi connectivity index (χ1) is 5.65. The van der Waals surface area contributed by atoms with E-state index in [1.807, 2.05) is 0 Å². The predicted molar refractivity (Wildman–Crippen MR) is 38.5 cm³/mol. The average molecular weight is 170 g/mol. The summed E-state index contributed by atoms with van der Waals surface area (Å²) >= 11 is 0. The van der Waals surface area contributed by atoms with Gasteiger partial charge in [0.05, 0.1) is 0 Å². The Labute approximate surface area is 67.3 Å². The number of hydrogen-bond acceptors (Lipinski definition) is 5. The number of aliphatic hydroxyl groups is 1. The van der Waals surface area contributed by atoms with E-state index in [4.69, 9.17) is 10.2 Å². The third-order valence-corrected chi connectivity index (χ3v) is 1.25. The van der Waals surface area contributed by atoms with Gasteiger partial charge in [-0.25, -0.2) is 0 Å². The van der Waals surface area contributed by atoms with Crippen molar-refractivity contribution >= 4 is 5.82 Å². The number of nitrogens with zero attached hydrogens (tertiary/aromatic N) is 2. The summed E-state index contributed by atoms with van der Waals surface area (Å²) in [5, 5.41) is 27.7. The van der Waals surface area contributed by atoms with Gasteiger partial charge in [0.15, 0.2) is 5.69 Å². The van der Waals surface area contributed by atoms with Crippen molar-refractivity contribution in [1.82, 2.24) is 4.98 Å². The van der Waals surface area contributed by atoms with Crippen molar-refractivity contribution in [3.8, 4) is 5.75 Å². The molecule has 2 N–H and O–H groups in total. The smallest absolute Gasteiger partial charge is 0.406 e. The second kappa shape index (κ2) is 3.14. The van der Waals surface area contributed by atoms with Crippen LogP contribution in [0.2, 0.25) is 0 Å². The topological polar surface area (TPSA) is 96.5 Å². The van der Waals surface area contributed by atoms with Crippen LogP contribution in [0.15, 0.2) is 12.1 Å². The third kappa shape index (κ3) is 1.48. The Morgan fingerprint density at radius 2 is 2.25 bits per heavy atom. The third-order valence-electron chi connectivity index (χ3n) is 1.25. The van der Waals surface area contributed by atoms with Crippen molar-refractivity contribution < 1.29 is 15.1 Å². The number of hydrogen-bond donors (Lipinski definition) is 2. The molecule has 0 amide bonds. The number of rotatable bonds is 2. The van der Waals surface area contributed by atoms with Crippen LogP contribution in [0.5, 0.6) is 5.75 Å². The molecule has 0 aliphatic heterocycles. The second-order valence-electron chi connectivity index (χ2n) is 2.06. The molecular weight excluding hydrogens is 164 g/mol. The molecular formula is C6H6N2O4. The highest BCUT2D eigenvalue weighted by Crippen LogP contribution is 2.22. The van der Waals surface area contributed by atoms with Crippen LogP contribution in [0.25, 0.3) is 0 Å². The molecule has 12 heavy (non-hydrogen) atoms. The van der Waals surface area contributed by atoms with Crippen molar-refractivity contribution in [2.45, 2.75) is 6.61 Å². The monoisotopic (exact) mass is 170 g/mol. The molecule has 1 rings (SSSR count). The van der Waals surface area contributed by atoms with Crippen molar-refractivity contribution in [2.75, 3.05) is 0 Å². The van der Waals surface area contributed by atoms with E-state index in [1.165, 1.54) is 6.07 Å². The summed E-state index contributed by atoms with van der Waals surface area (Å²) in [4.78, 5) is 12.8. The Balaban J connectivity index is 3.17. The molecule has 0 bridgehead atoms. The van der Waals surface area contributed by atoms with Gasteiger partial charge in [0.25, 0.3) is 0 Å². The van der Waals surface area contributed by atoms with Crippen molar-refractivity contribution in [2.24, 2.45) is 0 Å². The van der Waals surface area contributed by atoms with E-state index in [-0.39, 0.29) is 12.3 Å². The van der Waals surface area contributed by atoms with Gasteiger partial charge in [-0.2, -0.15) is 0 Å². The molecule has 0 saturated carbocycles. The first-order valence-corrected chi connectivity index (χ1v) is 3.09. The molecule has 0 fully saturated rings. The number of aromatic hydroxyl groups is 1. The zero-order valence-electron chi connectivity index (χ0n) is 5.97. The number of nitro groups is 1. The summed E-state index contributed by atoms with van der Waals surface area (Å²) in [6.45, 7) is -0.388. The van der Waals surface area contributed by atoms with Crippen molar-refractivity contribution in [3.63, 3.8) is 0 Å². The molecule has 0 aromatic carbocycles. The molecule has 0 aliphatic carbocycles. The Morgan fingerprint density at radius 3 is 2.75 bits per heavy atom. The SMILES string of the molecule is O=[N+]([O-])c1nc(CO)ccc1O. The quantitative estimate of drug-likeness (QED) is 0.487. The minimum Gasteiger partial charge on any atom is -0.501 e. The van der Waals surface area contributed by atoms with Gasteiger partial charge in [0.1, 0.15) is 6.61 Å². The first kappa shape index (κ1) is 8.41. The van der Waals surface area contributed by atoms with Crippen LogP contribution in [0.1, 0.15) is 5.69 Å². The van der Waals surface area contributed by atoms with Gasteiger partial charge in [-0.3, -0.25) is 0 Å². The van der Waals surface area contributed by atoms with E-state index in [1.54, 1.807) is 0 Å². The van der Waals surface area contributed by atoms with Crippen LogP contribution in [-0.4, -0.2) is 20.1 Å². The van der Waals surface area contributed by atoms with Gasteiger partial charge in [0.2, 0.25) is 5.75 Å². The van der Waals surface area contributed by atoms with Crippen molar-refractivity contribution in [1.29, 1.82) is 0 Å². The summed E-state index contributed by atoms with van der Waals surface area (Å²) in [7, 11) is 0. The molecule has 64 valence electrons. The van der Waals surface area contributed by atoms with Gasteiger partial charge < -0.3 is 20.3 Å². The van der Waals surface area contributed by atoms with Gasteiger partial charge in [-0.1, -0.05) is 0 Å². The van der Waals surface area contributed by atoms with Gasteiger partial charge >= 0.3 is 5.82 Å². The summed E-state index contributed by atoms with van der Waals surface area (Å²) in [6, 6.07) is 2.43. The molecule has 0 aliphatic rings. The molecule has 0 unspecified atom stereocenters. The number of aromatic nitrogens is 1. The Hall–Kier alpha value is -1.69. The summed E-state index contributed by atoms with van der Waals surface area (Å²) < 4.78 is 0. The fourth-order valence-electron chi connectivity index (χ4n) is 0.703. The fraction of sp³-hybridized carbons (Fsp3) is 0.167. The molecule has 1 aromatic rings. The minimum absolute atomic E-state index is 0.152. The van der Waals surface area contributed by atoms with Gasteiger partial charge in [-0.05, 0) is 22.0 Å². The maximum Gasteiger partial charge on any atom is 0.406 e. The largest absolute Gasteiger partial charge is 0.501 e. The number of pyridine rings is 1. The molecule has 0 atom stereocenters. The molecule has 6 nitrogen and oxygen atoms in total. The lowest BCUT2D eigenvalue weighted by atomic mass is 10.3. The highest BCUT2D eigenvalue weighted by Gasteiger charge is 2.15. The lowest BCUT2D eigenvalue weighted by molar-refractivity contribution is -0.390. The second-order valence-corrected chi connectivity index (χ2v) is 2.06. The lowest BCUT2D eigenvalue weighted by Gasteiger charge is -1.95. The lowest BCUT2D eigenvalue weighted by Crippen LogP contribution is -1.96. The van der Waals surface area contributed by atoms with E-state index in [9.17, 15) is 10.1 Å². The molecule has 0 radical (unpaired) electrons. The highest BCUT2D eigenvalue weighted by molar-refractivity contribution is 5.38. The standard InChI is InChI=1S/C6H6N2O4/c9-3-4-1-2-5(10)6(7-4)8(11)12/h1-2,9-10H,3H2. The van der Waals surface area contributed by atoms with Gasteiger partial charge in [0, 0.05) is 0 Å². The molecule has 1 aromatic heterocycles. The molecule has 6 heteroatoms. The van der Waals surface area contributed by atoms with E-state index in [0.717, 1.165) is 6.07 Å². The summed E-state index contributed by atoms with van der Waals surface area (Å²) in [6.07, 6.45) is 0. The summed E-state index contributed by atoms with van der Waals surface area (Å²) in [5.41, 5.74) is 0.152. The fourth-order valence-corrected chi connectivity index (χ4v) is 0.703. The predicted octanol–water partition coefficient (Wildman–Crippen LogP) is 0.188. The van der Waals surface area contributed by atoms with E-state index in [2.05, 4.69) is 4.98 Å². The Kier molecular flexibility index (Phi) is 2.20. The zero-order chi connectivity index (χ0) is 9.14. The number of aliphatic hydroxyl groups excluding tert-OH is 1. The Bertz CT molecular complexity index is 312. The van der Waals surface area contributed by atoms with Crippen LogP contribution >= 0.6 is 0 Å². The van der Waals surface area contributed by atoms with Crippen molar-refractivity contribution in [3.05, 3.63) is 27.9 Å². The van der Waals surface area contributed by atoms with E-state index >= 15 is 0 Å². The molecule has 0 spiro atoms. The maximum atomic E-state index is 10.2. The van der Waals surface area contributed by atoms with Crippen LogP contribution in [0.4, 0.5) is 5.82 Å². The highest BCUT2D eigenvalue weighted by atomic mass is 16.6. The molecule has 0 saturated heterocycles. The summed E-state index contributed by atoms with van der Waals surface area (Å²) in [5.74, 6) is -1.14. The van der Waals surface area contributed by atoms with Crippen LogP contribution in [0.3, 0.4) is 0 Å². The minimum atomic E-state index is -0.811.